The summed E-state index contributed by atoms with van der Waals surface area (Å²) in [4.78, 5) is 24.0. The minimum atomic E-state index is -4.00. The molecule has 9 heteroatoms. The molecule has 3 aromatic rings. The van der Waals surface area contributed by atoms with E-state index in [1.54, 1.807) is 61.5 Å². The molecule has 0 aliphatic rings. The van der Waals surface area contributed by atoms with E-state index in [9.17, 15) is 18.0 Å². The Morgan fingerprint density at radius 2 is 1.54 bits per heavy atom. The fourth-order valence-corrected chi connectivity index (χ4v) is 4.72. The Balaban J connectivity index is 1.81. The lowest BCUT2D eigenvalue weighted by atomic mass is 10.1. The maximum absolute atomic E-state index is 13.4. The quantitative estimate of drug-likeness (QED) is 0.366. The van der Waals surface area contributed by atoms with E-state index < -0.39 is 22.5 Å². The molecule has 0 aromatic heterocycles. The first-order valence-electron chi connectivity index (χ1n) is 10.9. The number of aryl methyl sites for hydroxylation is 2. The second-order valence-electron chi connectivity index (χ2n) is 8.15. The second-order valence-corrected chi connectivity index (χ2v) is 10.0. The molecular weight excluding hydrogens is 464 g/mol. The lowest BCUT2D eigenvalue weighted by Crippen LogP contribution is -2.39. The van der Waals surface area contributed by atoms with Crippen LogP contribution in [0.25, 0.3) is 0 Å². The summed E-state index contributed by atoms with van der Waals surface area (Å²) in [5.74, 6) is -0.759. The Morgan fingerprint density at radius 3 is 2.14 bits per heavy atom. The predicted octanol–water partition coefficient (Wildman–Crippen LogP) is 4.00. The highest BCUT2D eigenvalue weighted by molar-refractivity contribution is 7.92. The largest absolute Gasteiger partial charge is 0.326 e. The van der Waals surface area contributed by atoms with Gasteiger partial charge in [0.15, 0.2) is 0 Å². The van der Waals surface area contributed by atoms with E-state index in [-0.39, 0.29) is 10.8 Å². The molecule has 3 aromatic carbocycles. The smallest absolute Gasteiger partial charge is 0.264 e. The van der Waals surface area contributed by atoms with Crippen molar-refractivity contribution in [2.24, 2.45) is 5.10 Å². The number of nitrogens with zero attached hydrogens (tertiary/aromatic N) is 2. The molecule has 8 nitrogen and oxygen atoms in total. The Bertz CT molecular complexity index is 1350. The summed E-state index contributed by atoms with van der Waals surface area (Å²) in [5.41, 5.74) is 6.54. The Hall–Kier alpha value is -3.98. The maximum Gasteiger partial charge on any atom is 0.264 e. The molecule has 0 spiro atoms. The Morgan fingerprint density at radius 1 is 0.886 bits per heavy atom. The van der Waals surface area contributed by atoms with Crippen molar-refractivity contribution in [3.8, 4) is 0 Å². The number of anilines is 2. The van der Waals surface area contributed by atoms with Gasteiger partial charge in [-0.3, -0.25) is 13.9 Å². The van der Waals surface area contributed by atoms with E-state index in [0.29, 0.717) is 17.1 Å². The fourth-order valence-electron chi connectivity index (χ4n) is 3.31. The highest BCUT2D eigenvalue weighted by atomic mass is 32.2. The molecule has 0 aliphatic carbocycles. The molecule has 0 fully saturated rings. The Kier molecular flexibility index (Phi) is 8.03. The van der Waals surface area contributed by atoms with Gasteiger partial charge in [0.25, 0.3) is 15.9 Å². The SMILES string of the molecule is CC(=O)Nc1ccc(/C(C)=N/NC(=O)CN(c2cccc(C)c2)S(=O)(=O)c2ccc(C)cc2)cc1. The zero-order valence-corrected chi connectivity index (χ0v) is 20.9. The van der Waals surface area contributed by atoms with Crippen LogP contribution in [0.5, 0.6) is 0 Å². The molecule has 0 bridgehead atoms. The van der Waals surface area contributed by atoms with Crippen molar-refractivity contribution >= 4 is 38.9 Å². The number of rotatable bonds is 8. The van der Waals surface area contributed by atoms with Crippen LogP contribution in [0, 0.1) is 13.8 Å². The molecule has 0 saturated heterocycles. The summed E-state index contributed by atoms with van der Waals surface area (Å²) in [6.07, 6.45) is 0. The van der Waals surface area contributed by atoms with Gasteiger partial charge in [-0.25, -0.2) is 13.8 Å². The average molecular weight is 493 g/mol. The van der Waals surface area contributed by atoms with Crippen molar-refractivity contribution < 1.29 is 18.0 Å². The molecule has 0 saturated carbocycles. The topological polar surface area (TPSA) is 108 Å². The van der Waals surface area contributed by atoms with Gasteiger partial charge in [-0.1, -0.05) is 42.0 Å². The standard InChI is InChI=1S/C26H28N4O4S/c1-18-8-14-25(15-9-18)35(33,34)30(24-7-5-6-19(2)16-24)17-26(32)29-28-20(3)22-10-12-23(13-11-22)27-21(4)31/h5-16H,17H2,1-4H3,(H,27,31)(H,29,32)/b28-20+. The summed E-state index contributed by atoms with van der Waals surface area (Å²) in [6, 6.07) is 20.4. The summed E-state index contributed by atoms with van der Waals surface area (Å²) in [7, 11) is -4.00. The number of sulfonamides is 1. The molecule has 182 valence electrons. The average Bonchev–Trinajstić information content (AvgIpc) is 2.81. The van der Waals surface area contributed by atoms with Crippen LogP contribution in [0.1, 0.15) is 30.5 Å². The van der Waals surface area contributed by atoms with Crippen molar-refractivity contribution in [2.75, 3.05) is 16.2 Å². The van der Waals surface area contributed by atoms with Crippen molar-refractivity contribution in [1.29, 1.82) is 0 Å². The molecular formula is C26H28N4O4S. The summed E-state index contributed by atoms with van der Waals surface area (Å²) in [6.45, 7) is 6.42. The summed E-state index contributed by atoms with van der Waals surface area (Å²) in [5, 5.41) is 6.81. The third kappa shape index (κ3) is 6.77. The Labute approximate surface area is 205 Å². The first-order chi connectivity index (χ1) is 16.6. The van der Waals surface area contributed by atoms with Gasteiger partial charge in [0.1, 0.15) is 6.54 Å². The van der Waals surface area contributed by atoms with Gasteiger partial charge in [0.2, 0.25) is 5.91 Å². The van der Waals surface area contributed by atoms with E-state index in [0.717, 1.165) is 21.0 Å². The number of hydrazone groups is 1. The molecule has 2 amide bonds. The van der Waals surface area contributed by atoms with Crippen LogP contribution in [-0.2, 0) is 19.6 Å². The van der Waals surface area contributed by atoms with E-state index in [2.05, 4.69) is 15.8 Å². The maximum atomic E-state index is 13.4. The van der Waals surface area contributed by atoms with Crippen LogP contribution in [0.3, 0.4) is 0 Å². The molecule has 2 N–H and O–H groups in total. The van der Waals surface area contributed by atoms with Gasteiger partial charge in [0, 0.05) is 12.6 Å². The van der Waals surface area contributed by atoms with E-state index in [4.69, 9.17) is 0 Å². The van der Waals surface area contributed by atoms with Gasteiger partial charge in [-0.2, -0.15) is 5.10 Å². The number of benzene rings is 3. The van der Waals surface area contributed by atoms with Gasteiger partial charge in [-0.15, -0.1) is 0 Å². The van der Waals surface area contributed by atoms with E-state index in [1.165, 1.54) is 19.1 Å². The molecule has 0 radical (unpaired) electrons. The van der Waals surface area contributed by atoms with Crippen LogP contribution in [-0.4, -0.2) is 32.5 Å². The van der Waals surface area contributed by atoms with Gasteiger partial charge >= 0.3 is 0 Å². The van der Waals surface area contributed by atoms with Crippen LogP contribution in [0.2, 0.25) is 0 Å². The van der Waals surface area contributed by atoms with Crippen LogP contribution in [0.15, 0.2) is 82.8 Å². The van der Waals surface area contributed by atoms with Crippen LogP contribution in [0.4, 0.5) is 11.4 Å². The van der Waals surface area contributed by atoms with Crippen LogP contribution >= 0.6 is 0 Å². The third-order valence-electron chi connectivity index (χ3n) is 5.16. The monoisotopic (exact) mass is 492 g/mol. The molecule has 0 atom stereocenters. The molecule has 3 rings (SSSR count). The van der Waals surface area contributed by atoms with Crippen molar-refractivity contribution in [1.82, 2.24) is 5.43 Å². The number of nitrogens with one attached hydrogen (secondary N) is 2. The zero-order chi connectivity index (χ0) is 25.6. The highest BCUT2D eigenvalue weighted by Gasteiger charge is 2.27. The third-order valence-corrected chi connectivity index (χ3v) is 6.95. The fraction of sp³-hybridized carbons (Fsp3) is 0.192. The minimum Gasteiger partial charge on any atom is -0.326 e. The number of carbonyl (C=O) groups is 2. The first-order valence-corrected chi connectivity index (χ1v) is 12.4. The number of hydrogen-bond donors (Lipinski definition) is 2. The molecule has 0 unspecified atom stereocenters. The summed E-state index contributed by atoms with van der Waals surface area (Å²) >= 11 is 0. The van der Waals surface area contributed by atoms with Gasteiger partial charge < -0.3 is 5.32 Å². The lowest BCUT2D eigenvalue weighted by Gasteiger charge is -2.24. The number of hydrogen-bond acceptors (Lipinski definition) is 5. The van der Waals surface area contributed by atoms with Gasteiger partial charge in [0.05, 0.1) is 16.3 Å². The highest BCUT2D eigenvalue weighted by Crippen LogP contribution is 2.24. The van der Waals surface area contributed by atoms with Crippen molar-refractivity contribution in [3.63, 3.8) is 0 Å². The normalized spacial score (nSPS) is 11.6. The van der Waals surface area contributed by atoms with E-state index >= 15 is 0 Å². The molecule has 0 heterocycles. The number of amides is 2. The van der Waals surface area contributed by atoms with Crippen LogP contribution < -0.4 is 15.0 Å². The molecule has 35 heavy (non-hydrogen) atoms. The summed E-state index contributed by atoms with van der Waals surface area (Å²) < 4.78 is 28.0. The molecule has 0 aliphatic heterocycles. The van der Waals surface area contributed by atoms with Crippen molar-refractivity contribution in [3.05, 3.63) is 89.5 Å². The minimum absolute atomic E-state index is 0.0938. The first kappa shape index (κ1) is 25.6. The second kappa shape index (κ2) is 11.0. The van der Waals surface area contributed by atoms with Crippen molar-refractivity contribution in [2.45, 2.75) is 32.6 Å². The van der Waals surface area contributed by atoms with E-state index in [1.807, 2.05) is 19.9 Å². The zero-order valence-electron chi connectivity index (χ0n) is 20.1. The number of carbonyl (C=O) groups excluding carboxylic acids is 2. The lowest BCUT2D eigenvalue weighted by molar-refractivity contribution is -0.119. The predicted molar refractivity (Wildman–Crippen MR) is 138 cm³/mol. The van der Waals surface area contributed by atoms with Gasteiger partial charge in [-0.05, 0) is 68.3 Å².